The van der Waals surface area contributed by atoms with Crippen molar-refractivity contribution in [3.8, 4) is 0 Å². The molecule has 1 aromatic heterocycles. The minimum atomic E-state index is -0.474. The number of amides is 3. The van der Waals surface area contributed by atoms with Crippen molar-refractivity contribution in [2.45, 2.75) is 38.3 Å². The van der Waals surface area contributed by atoms with Gasteiger partial charge < -0.3 is 15.1 Å². The Morgan fingerprint density at radius 1 is 1.18 bits per heavy atom. The van der Waals surface area contributed by atoms with E-state index in [1.165, 1.54) is 11.3 Å². The Morgan fingerprint density at radius 3 is 2.68 bits per heavy atom. The fraction of sp³-hybridized carbons (Fsp3) is 0.400. The Bertz CT molecular complexity index is 866. The second-order valence-electron chi connectivity index (χ2n) is 7.10. The van der Waals surface area contributed by atoms with Crippen molar-refractivity contribution in [3.05, 3.63) is 47.0 Å². The first-order chi connectivity index (χ1) is 13.6. The fourth-order valence-electron chi connectivity index (χ4n) is 3.77. The predicted octanol–water partition coefficient (Wildman–Crippen LogP) is 2.51. The molecule has 0 saturated carbocycles. The summed E-state index contributed by atoms with van der Waals surface area (Å²) in [5, 5.41) is 5.13. The summed E-state index contributed by atoms with van der Waals surface area (Å²) < 4.78 is 0. The lowest BCUT2D eigenvalue weighted by Gasteiger charge is -2.24. The largest absolute Gasteiger partial charge is 0.338 e. The van der Waals surface area contributed by atoms with E-state index in [0.29, 0.717) is 36.6 Å². The van der Waals surface area contributed by atoms with Crippen LogP contribution in [-0.4, -0.2) is 51.6 Å². The Morgan fingerprint density at radius 2 is 2.00 bits per heavy atom. The molecule has 1 aromatic carbocycles. The van der Waals surface area contributed by atoms with Crippen LogP contribution >= 0.6 is 11.3 Å². The number of hydrogen-bond acceptors (Lipinski definition) is 5. The molecular weight excluding hydrogens is 376 g/mol. The van der Waals surface area contributed by atoms with E-state index >= 15 is 0 Å². The minimum Gasteiger partial charge on any atom is -0.338 e. The van der Waals surface area contributed by atoms with Gasteiger partial charge in [-0.25, -0.2) is 4.98 Å². The number of benzene rings is 1. The van der Waals surface area contributed by atoms with Gasteiger partial charge in [0.15, 0.2) is 5.13 Å². The van der Waals surface area contributed by atoms with Crippen LogP contribution in [0.4, 0.5) is 5.13 Å². The second kappa shape index (κ2) is 8.10. The van der Waals surface area contributed by atoms with Crippen molar-refractivity contribution < 1.29 is 14.4 Å². The molecular formula is C20H22N4O3S. The second-order valence-corrected chi connectivity index (χ2v) is 7.99. The van der Waals surface area contributed by atoms with Crippen molar-refractivity contribution in [2.24, 2.45) is 0 Å². The molecule has 28 heavy (non-hydrogen) atoms. The van der Waals surface area contributed by atoms with E-state index in [9.17, 15) is 14.4 Å². The topological polar surface area (TPSA) is 82.6 Å². The maximum atomic E-state index is 12.9. The Balaban J connectivity index is 1.41. The number of aromatic nitrogens is 1. The molecule has 7 nitrogen and oxygen atoms in total. The number of rotatable bonds is 5. The SMILES string of the molecule is O=C(Nc1nccs1)C1CCCN1C(=O)c1ccc(CN2CCCC2=O)cc1. The van der Waals surface area contributed by atoms with Gasteiger partial charge in [-0.15, -0.1) is 11.3 Å². The average molecular weight is 398 g/mol. The van der Waals surface area contributed by atoms with E-state index in [4.69, 9.17) is 0 Å². The predicted molar refractivity (Wildman–Crippen MR) is 106 cm³/mol. The number of carbonyl (C=O) groups is 3. The molecule has 1 atom stereocenters. The van der Waals surface area contributed by atoms with E-state index in [2.05, 4.69) is 10.3 Å². The minimum absolute atomic E-state index is 0.138. The van der Waals surface area contributed by atoms with Gasteiger partial charge in [0.25, 0.3) is 5.91 Å². The molecule has 4 rings (SSSR count). The lowest BCUT2D eigenvalue weighted by molar-refractivity contribution is -0.128. The zero-order valence-electron chi connectivity index (χ0n) is 15.5. The summed E-state index contributed by atoms with van der Waals surface area (Å²) in [7, 11) is 0. The molecule has 2 aliphatic rings. The molecule has 1 N–H and O–H groups in total. The highest BCUT2D eigenvalue weighted by Crippen LogP contribution is 2.23. The highest BCUT2D eigenvalue weighted by molar-refractivity contribution is 7.13. The quantitative estimate of drug-likeness (QED) is 0.839. The van der Waals surface area contributed by atoms with Crippen LogP contribution in [0.25, 0.3) is 0 Å². The number of carbonyl (C=O) groups excluding carboxylic acids is 3. The Labute approximate surface area is 167 Å². The van der Waals surface area contributed by atoms with Crippen molar-refractivity contribution in [1.82, 2.24) is 14.8 Å². The van der Waals surface area contributed by atoms with Crippen molar-refractivity contribution >= 4 is 34.2 Å². The number of likely N-dealkylation sites (tertiary alicyclic amines) is 2. The van der Waals surface area contributed by atoms with E-state index in [0.717, 1.165) is 24.9 Å². The van der Waals surface area contributed by atoms with Crippen LogP contribution in [0.15, 0.2) is 35.8 Å². The molecule has 8 heteroatoms. The van der Waals surface area contributed by atoms with Gasteiger partial charge in [0.1, 0.15) is 6.04 Å². The number of hydrogen-bond donors (Lipinski definition) is 1. The van der Waals surface area contributed by atoms with Crippen LogP contribution in [0.3, 0.4) is 0 Å². The molecule has 0 bridgehead atoms. The summed E-state index contributed by atoms with van der Waals surface area (Å²) in [6, 6.07) is 6.87. The summed E-state index contributed by atoms with van der Waals surface area (Å²) in [6.07, 6.45) is 4.62. The number of nitrogens with one attached hydrogen (secondary N) is 1. The zero-order valence-corrected chi connectivity index (χ0v) is 16.3. The van der Waals surface area contributed by atoms with Crippen LogP contribution in [0.1, 0.15) is 41.6 Å². The lowest BCUT2D eigenvalue weighted by atomic mass is 10.1. The first kappa shape index (κ1) is 18.6. The maximum absolute atomic E-state index is 12.9. The Hall–Kier alpha value is -2.74. The van der Waals surface area contributed by atoms with Crippen LogP contribution < -0.4 is 5.32 Å². The Kier molecular flexibility index (Phi) is 5.38. The standard InChI is InChI=1S/C20H22N4O3S/c25-17-4-2-10-23(17)13-14-5-7-15(8-6-14)19(27)24-11-1-3-16(24)18(26)22-20-21-9-12-28-20/h5-9,12,16H,1-4,10-11,13H2,(H,21,22,26). The third-order valence-corrected chi connectivity index (χ3v) is 5.91. The molecule has 1 unspecified atom stereocenters. The van der Waals surface area contributed by atoms with Crippen LogP contribution in [0.2, 0.25) is 0 Å². The van der Waals surface area contributed by atoms with Gasteiger partial charge in [-0.05, 0) is 37.0 Å². The third-order valence-electron chi connectivity index (χ3n) is 5.22. The van der Waals surface area contributed by atoms with Gasteiger partial charge >= 0.3 is 0 Å². The molecule has 0 radical (unpaired) electrons. The molecule has 2 aliphatic heterocycles. The lowest BCUT2D eigenvalue weighted by Crippen LogP contribution is -2.43. The molecule has 3 amide bonds. The summed E-state index contributed by atoms with van der Waals surface area (Å²) in [4.78, 5) is 44.8. The van der Waals surface area contributed by atoms with Gasteiger partial charge in [0, 0.05) is 43.2 Å². The molecule has 0 spiro atoms. The third kappa shape index (κ3) is 3.91. The van der Waals surface area contributed by atoms with Crippen molar-refractivity contribution in [3.63, 3.8) is 0 Å². The van der Waals surface area contributed by atoms with Crippen molar-refractivity contribution in [1.29, 1.82) is 0 Å². The zero-order chi connectivity index (χ0) is 19.5. The molecule has 2 aromatic rings. The van der Waals surface area contributed by atoms with Crippen LogP contribution in [0.5, 0.6) is 0 Å². The normalized spacial score (nSPS) is 19.3. The smallest absolute Gasteiger partial charge is 0.254 e. The summed E-state index contributed by atoms with van der Waals surface area (Å²) in [5.74, 6) is -0.142. The van der Waals surface area contributed by atoms with Crippen LogP contribution in [0, 0.1) is 0 Å². The van der Waals surface area contributed by atoms with Gasteiger partial charge in [-0.3, -0.25) is 14.4 Å². The molecule has 2 saturated heterocycles. The molecule has 146 valence electrons. The van der Waals surface area contributed by atoms with Gasteiger partial charge in [0.2, 0.25) is 11.8 Å². The highest BCUT2D eigenvalue weighted by Gasteiger charge is 2.34. The first-order valence-corrected chi connectivity index (χ1v) is 10.4. The number of anilines is 1. The van der Waals surface area contributed by atoms with E-state index in [-0.39, 0.29) is 17.7 Å². The average Bonchev–Trinajstić information content (AvgIpc) is 3.45. The monoisotopic (exact) mass is 398 g/mol. The highest BCUT2D eigenvalue weighted by atomic mass is 32.1. The molecule has 0 aliphatic carbocycles. The van der Waals surface area contributed by atoms with E-state index < -0.39 is 6.04 Å². The maximum Gasteiger partial charge on any atom is 0.254 e. The molecule has 2 fully saturated rings. The fourth-order valence-corrected chi connectivity index (χ4v) is 4.30. The summed E-state index contributed by atoms with van der Waals surface area (Å²) in [5.41, 5.74) is 1.57. The molecule has 3 heterocycles. The van der Waals surface area contributed by atoms with Gasteiger partial charge in [0.05, 0.1) is 0 Å². The number of thiazole rings is 1. The van der Waals surface area contributed by atoms with Gasteiger partial charge in [-0.2, -0.15) is 0 Å². The summed E-state index contributed by atoms with van der Waals surface area (Å²) in [6.45, 7) is 1.94. The van der Waals surface area contributed by atoms with Crippen LogP contribution in [-0.2, 0) is 16.1 Å². The van der Waals surface area contributed by atoms with Gasteiger partial charge in [-0.1, -0.05) is 12.1 Å². The number of nitrogens with zero attached hydrogens (tertiary/aromatic N) is 3. The van der Waals surface area contributed by atoms with E-state index in [1.807, 2.05) is 17.0 Å². The summed E-state index contributed by atoms with van der Waals surface area (Å²) >= 11 is 1.36. The van der Waals surface area contributed by atoms with Crippen molar-refractivity contribution in [2.75, 3.05) is 18.4 Å². The first-order valence-electron chi connectivity index (χ1n) is 9.50. The van der Waals surface area contributed by atoms with E-state index in [1.54, 1.807) is 28.6 Å².